The second-order valence-corrected chi connectivity index (χ2v) is 3.81. The Morgan fingerprint density at radius 2 is 1.76 bits per heavy atom. The molecule has 0 heterocycles. The predicted molar refractivity (Wildman–Crippen MR) is 67.8 cm³/mol. The number of rotatable bonds is 2. The number of carbonyl (C=O) groups excluding carboxylic acids is 1. The minimum Gasteiger partial charge on any atom is -0.508 e. The van der Waals surface area contributed by atoms with Crippen LogP contribution in [-0.2, 0) is 4.79 Å². The lowest BCUT2D eigenvalue weighted by atomic mass is 10.1. The molecule has 0 radical (unpaired) electrons. The Hall–Kier alpha value is -2.29. The minimum atomic E-state index is -0.0879. The van der Waals surface area contributed by atoms with Crippen LogP contribution in [0.5, 0.6) is 5.75 Å². The van der Waals surface area contributed by atoms with Crippen LogP contribution in [0.3, 0.4) is 0 Å². The number of carbonyl (C=O) groups is 1. The fourth-order valence-corrected chi connectivity index (χ4v) is 1.63. The molecule has 1 amide bonds. The van der Waals surface area contributed by atoms with E-state index in [1.165, 1.54) is 6.92 Å². The van der Waals surface area contributed by atoms with Gasteiger partial charge in [0.15, 0.2) is 0 Å². The third kappa shape index (κ3) is 2.84. The van der Waals surface area contributed by atoms with E-state index >= 15 is 0 Å². The zero-order valence-corrected chi connectivity index (χ0v) is 9.47. The Bertz CT molecular complexity index is 532. The maximum absolute atomic E-state index is 10.9. The van der Waals surface area contributed by atoms with Gasteiger partial charge >= 0.3 is 0 Å². The number of nitrogens with one attached hydrogen (secondary N) is 1. The highest BCUT2D eigenvalue weighted by molar-refractivity contribution is 5.89. The van der Waals surface area contributed by atoms with Gasteiger partial charge in [-0.15, -0.1) is 0 Å². The fourth-order valence-electron chi connectivity index (χ4n) is 1.63. The second-order valence-electron chi connectivity index (χ2n) is 3.81. The fraction of sp³-hybridized carbons (Fsp3) is 0.0714. The Morgan fingerprint density at radius 3 is 2.35 bits per heavy atom. The number of anilines is 1. The molecule has 0 atom stereocenters. The molecule has 0 saturated heterocycles. The average molecular weight is 227 g/mol. The standard InChI is InChI=1S/C14H13NO2/c1-10(16)15-13-7-5-11(6-8-13)12-3-2-4-14(17)9-12/h2-9,17H,1H3,(H,15,16). The van der Waals surface area contributed by atoms with Crippen molar-refractivity contribution in [3.8, 4) is 16.9 Å². The van der Waals surface area contributed by atoms with E-state index in [1.807, 2.05) is 30.3 Å². The van der Waals surface area contributed by atoms with Crippen molar-refractivity contribution in [2.75, 3.05) is 5.32 Å². The summed E-state index contributed by atoms with van der Waals surface area (Å²) in [5.74, 6) is 0.156. The summed E-state index contributed by atoms with van der Waals surface area (Å²) >= 11 is 0. The van der Waals surface area contributed by atoms with E-state index in [1.54, 1.807) is 18.2 Å². The molecule has 3 nitrogen and oxygen atoms in total. The molecule has 3 heteroatoms. The Morgan fingerprint density at radius 1 is 1.06 bits per heavy atom. The van der Waals surface area contributed by atoms with Gasteiger partial charge in [-0.2, -0.15) is 0 Å². The molecule has 2 aromatic rings. The lowest BCUT2D eigenvalue weighted by Gasteiger charge is -2.05. The summed E-state index contributed by atoms with van der Waals surface area (Å²) in [7, 11) is 0. The molecule has 2 aromatic carbocycles. The molecule has 86 valence electrons. The van der Waals surface area contributed by atoms with Crippen LogP contribution in [0.1, 0.15) is 6.92 Å². The summed E-state index contributed by atoms with van der Waals surface area (Å²) in [6, 6.07) is 14.5. The van der Waals surface area contributed by atoms with E-state index < -0.39 is 0 Å². The SMILES string of the molecule is CC(=O)Nc1ccc(-c2cccc(O)c2)cc1. The van der Waals surface area contributed by atoms with Gasteiger partial charge in [0.05, 0.1) is 0 Å². The molecule has 2 N–H and O–H groups in total. The van der Waals surface area contributed by atoms with E-state index in [4.69, 9.17) is 0 Å². The number of benzene rings is 2. The quantitative estimate of drug-likeness (QED) is 0.828. The van der Waals surface area contributed by atoms with Gasteiger partial charge in [-0.25, -0.2) is 0 Å². The molecule has 0 saturated carbocycles. The highest BCUT2D eigenvalue weighted by Crippen LogP contribution is 2.24. The summed E-state index contributed by atoms with van der Waals surface area (Å²) < 4.78 is 0. The monoisotopic (exact) mass is 227 g/mol. The summed E-state index contributed by atoms with van der Waals surface area (Å²) in [5.41, 5.74) is 2.70. The van der Waals surface area contributed by atoms with Crippen molar-refractivity contribution in [1.29, 1.82) is 0 Å². The molecule has 0 unspecified atom stereocenters. The molecular weight excluding hydrogens is 214 g/mol. The first-order valence-electron chi connectivity index (χ1n) is 5.32. The number of phenols is 1. The van der Waals surface area contributed by atoms with E-state index in [-0.39, 0.29) is 11.7 Å². The maximum Gasteiger partial charge on any atom is 0.221 e. The lowest BCUT2D eigenvalue weighted by molar-refractivity contribution is -0.114. The van der Waals surface area contributed by atoms with Gasteiger partial charge in [-0.3, -0.25) is 4.79 Å². The molecule has 0 bridgehead atoms. The van der Waals surface area contributed by atoms with Crippen LogP contribution in [0.15, 0.2) is 48.5 Å². The summed E-state index contributed by atoms with van der Waals surface area (Å²) in [6.07, 6.45) is 0. The van der Waals surface area contributed by atoms with Crippen molar-refractivity contribution < 1.29 is 9.90 Å². The van der Waals surface area contributed by atoms with Gasteiger partial charge in [0.2, 0.25) is 5.91 Å². The molecule has 0 fully saturated rings. The second kappa shape index (κ2) is 4.70. The van der Waals surface area contributed by atoms with Gasteiger partial charge in [0.25, 0.3) is 0 Å². The minimum absolute atomic E-state index is 0.0879. The highest BCUT2D eigenvalue weighted by Gasteiger charge is 1.99. The van der Waals surface area contributed by atoms with Crippen molar-refractivity contribution in [1.82, 2.24) is 0 Å². The van der Waals surface area contributed by atoms with Crippen LogP contribution in [0.25, 0.3) is 11.1 Å². The largest absolute Gasteiger partial charge is 0.508 e. The smallest absolute Gasteiger partial charge is 0.221 e. The maximum atomic E-state index is 10.9. The Kier molecular flexibility index (Phi) is 3.10. The average Bonchev–Trinajstić information content (AvgIpc) is 2.29. The van der Waals surface area contributed by atoms with Crippen LogP contribution in [0.4, 0.5) is 5.69 Å². The van der Waals surface area contributed by atoms with E-state index in [2.05, 4.69) is 5.32 Å². The summed E-state index contributed by atoms with van der Waals surface area (Å²) in [4.78, 5) is 10.9. The van der Waals surface area contributed by atoms with Gasteiger partial charge in [-0.05, 0) is 35.4 Å². The van der Waals surface area contributed by atoms with Crippen LogP contribution in [0, 0.1) is 0 Å². The molecular formula is C14H13NO2. The van der Waals surface area contributed by atoms with E-state index in [9.17, 15) is 9.90 Å². The third-order valence-corrected chi connectivity index (χ3v) is 2.38. The van der Waals surface area contributed by atoms with Crippen LogP contribution >= 0.6 is 0 Å². The number of hydrogen-bond acceptors (Lipinski definition) is 2. The number of aromatic hydroxyl groups is 1. The van der Waals surface area contributed by atoms with Crippen LogP contribution in [0.2, 0.25) is 0 Å². The normalized spacial score (nSPS) is 9.94. The third-order valence-electron chi connectivity index (χ3n) is 2.38. The van der Waals surface area contributed by atoms with Crippen molar-refractivity contribution in [3.63, 3.8) is 0 Å². The molecule has 0 aromatic heterocycles. The highest BCUT2D eigenvalue weighted by atomic mass is 16.3. The molecule has 17 heavy (non-hydrogen) atoms. The Balaban J connectivity index is 2.26. The number of amides is 1. The summed E-state index contributed by atoms with van der Waals surface area (Å²) in [6.45, 7) is 1.48. The van der Waals surface area contributed by atoms with Gasteiger partial charge in [0, 0.05) is 12.6 Å². The van der Waals surface area contributed by atoms with Crippen molar-refractivity contribution >= 4 is 11.6 Å². The van der Waals surface area contributed by atoms with Crippen LogP contribution in [-0.4, -0.2) is 11.0 Å². The number of phenolic OH excluding ortho intramolecular Hbond substituents is 1. The zero-order valence-electron chi connectivity index (χ0n) is 9.47. The zero-order chi connectivity index (χ0) is 12.3. The first kappa shape index (κ1) is 11.2. The van der Waals surface area contributed by atoms with Crippen molar-refractivity contribution in [2.24, 2.45) is 0 Å². The molecule has 2 rings (SSSR count). The first-order chi connectivity index (χ1) is 8.15. The van der Waals surface area contributed by atoms with Gasteiger partial charge < -0.3 is 10.4 Å². The number of hydrogen-bond donors (Lipinski definition) is 2. The van der Waals surface area contributed by atoms with Gasteiger partial charge in [0.1, 0.15) is 5.75 Å². The van der Waals surface area contributed by atoms with Gasteiger partial charge in [-0.1, -0.05) is 24.3 Å². The van der Waals surface area contributed by atoms with Crippen LogP contribution < -0.4 is 5.32 Å². The van der Waals surface area contributed by atoms with E-state index in [0.29, 0.717) is 0 Å². The molecule has 0 aliphatic heterocycles. The molecule has 0 spiro atoms. The van der Waals surface area contributed by atoms with Crippen molar-refractivity contribution in [3.05, 3.63) is 48.5 Å². The Labute approximate surface area is 99.7 Å². The molecule has 0 aliphatic rings. The first-order valence-corrected chi connectivity index (χ1v) is 5.32. The predicted octanol–water partition coefficient (Wildman–Crippen LogP) is 3.02. The van der Waals surface area contributed by atoms with Crippen molar-refractivity contribution in [2.45, 2.75) is 6.92 Å². The summed E-state index contributed by atoms with van der Waals surface area (Å²) in [5, 5.41) is 12.1. The molecule has 0 aliphatic carbocycles. The topological polar surface area (TPSA) is 49.3 Å². The van der Waals surface area contributed by atoms with E-state index in [0.717, 1.165) is 16.8 Å². The lowest BCUT2D eigenvalue weighted by Crippen LogP contribution is -2.05.